The number of thiazole rings is 1. The first-order valence-electron chi connectivity index (χ1n) is 11.7. The predicted octanol–water partition coefficient (Wildman–Crippen LogP) is 3.66. The van der Waals surface area contributed by atoms with Crippen molar-refractivity contribution in [3.63, 3.8) is 0 Å². The molecule has 1 saturated heterocycles. The molecule has 0 bridgehead atoms. The van der Waals surface area contributed by atoms with Gasteiger partial charge in [0.25, 0.3) is 0 Å². The van der Waals surface area contributed by atoms with Crippen molar-refractivity contribution in [2.24, 2.45) is 10.4 Å². The van der Waals surface area contributed by atoms with Crippen LogP contribution in [-0.2, 0) is 19.1 Å². The topological polar surface area (TPSA) is 113 Å². The second-order valence-electron chi connectivity index (χ2n) is 9.51. The largest absolute Gasteiger partial charge is 0.481 e. The molecular weight excluding hydrogens is 523 g/mol. The predicted molar refractivity (Wildman–Crippen MR) is 137 cm³/mol. The molecule has 2 N–H and O–H groups in total. The van der Waals surface area contributed by atoms with Gasteiger partial charge in [0.05, 0.1) is 30.8 Å². The summed E-state index contributed by atoms with van der Waals surface area (Å²) in [5.41, 5.74) is 0.322. The summed E-state index contributed by atoms with van der Waals surface area (Å²) in [6, 6.07) is 3.12. The van der Waals surface area contributed by atoms with Crippen molar-refractivity contribution in [2.75, 3.05) is 33.4 Å². The van der Waals surface area contributed by atoms with Gasteiger partial charge >= 0.3 is 11.9 Å². The Hall–Kier alpha value is -2.86. The highest BCUT2D eigenvalue weighted by Crippen LogP contribution is 2.37. The Morgan fingerprint density at radius 3 is 2.84 bits per heavy atom. The van der Waals surface area contributed by atoms with E-state index in [-0.39, 0.29) is 16.7 Å². The van der Waals surface area contributed by atoms with Gasteiger partial charge in [-0.2, -0.15) is 0 Å². The second kappa shape index (κ2) is 11.3. The summed E-state index contributed by atoms with van der Waals surface area (Å²) in [5, 5.41) is 15.4. The van der Waals surface area contributed by atoms with Crippen molar-refractivity contribution in [1.29, 1.82) is 0 Å². The number of halogens is 2. The Morgan fingerprint density at radius 1 is 1.41 bits per heavy atom. The summed E-state index contributed by atoms with van der Waals surface area (Å²) in [6.07, 6.45) is 1.70. The molecule has 37 heavy (non-hydrogen) atoms. The lowest BCUT2D eigenvalue weighted by Gasteiger charge is -2.37. The van der Waals surface area contributed by atoms with E-state index in [0.29, 0.717) is 54.8 Å². The zero-order valence-corrected chi connectivity index (χ0v) is 22.2. The van der Waals surface area contributed by atoms with E-state index in [1.54, 1.807) is 20.0 Å². The number of nitrogens with one attached hydrogen (secondary N) is 1. The highest BCUT2D eigenvalue weighted by atomic mass is 35.5. The average Bonchev–Trinajstić information content (AvgIpc) is 3.38. The minimum Gasteiger partial charge on any atom is -0.481 e. The number of carbonyl (C=O) groups is 2. The Balaban J connectivity index is 1.70. The van der Waals surface area contributed by atoms with Gasteiger partial charge in [-0.3, -0.25) is 14.7 Å². The lowest BCUT2D eigenvalue weighted by atomic mass is 9.86. The van der Waals surface area contributed by atoms with Crippen LogP contribution in [0.3, 0.4) is 0 Å². The summed E-state index contributed by atoms with van der Waals surface area (Å²) >= 11 is 7.78. The molecule has 2 aromatic rings. The van der Waals surface area contributed by atoms with E-state index in [1.165, 1.54) is 36.6 Å². The lowest BCUT2D eigenvalue weighted by molar-refractivity contribution is -0.150. The number of carbonyl (C=O) groups excluding carboxylic acids is 1. The molecule has 0 spiro atoms. The van der Waals surface area contributed by atoms with E-state index in [2.05, 4.69) is 15.2 Å². The third-order valence-electron chi connectivity index (χ3n) is 6.34. The summed E-state index contributed by atoms with van der Waals surface area (Å²) in [4.78, 5) is 35.9. The highest BCUT2D eigenvalue weighted by Gasteiger charge is 2.37. The first-order chi connectivity index (χ1) is 17.6. The first-order valence-corrected chi connectivity index (χ1v) is 12.9. The first kappa shape index (κ1) is 27.2. The van der Waals surface area contributed by atoms with Crippen molar-refractivity contribution >= 4 is 40.7 Å². The number of hydrogen-bond donors (Lipinski definition) is 2. The fraction of sp³-hybridized carbons (Fsp3) is 0.440. The molecule has 0 amide bonds. The van der Waals surface area contributed by atoms with E-state index in [4.69, 9.17) is 26.1 Å². The molecular formula is C25H28ClFN4O5S. The molecule has 12 heteroatoms. The van der Waals surface area contributed by atoms with Gasteiger partial charge in [0.1, 0.15) is 11.9 Å². The number of benzene rings is 1. The van der Waals surface area contributed by atoms with E-state index in [0.717, 1.165) is 0 Å². The molecule has 2 aliphatic heterocycles. The van der Waals surface area contributed by atoms with Gasteiger partial charge in [0, 0.05) is 47.5 Å². The number of nitrogens with zero attached hydrogens (tertiary/aromatic N) is 3. The molecule has 0 radical (unpaired) electrons. The number of carboxylic acids is 1. The Bertz CT molecular complexity index is 1230. The van der Waals surface area contributed by atoms with Gasteiger partial charge in [0.15, 0.2) is 10.8 Å². The van der Waals surface area contributed by atoms with E-state index < -0.39 is 29.2 Å². The van der Waals surface area contributed by atoms with Crippen LogP contribution in [0.4, 0.5) is 4.39 Å². The summed E-state index contributed by atoms with van der Waals surface area (Å²) in [7, 11) is 1.29. The molecule has 1 aromatic carbocycles. The van der Waals surface area contributed by atoms with Crippen LogP contribution >= 0.6 is 22.9 Å². The molecule has 0 saturated carbocycles. The van der Waals surface area contributed by atoms with Crippen LogP contribution in [0.25, 0.3) is 0 Å². The van der Waals surface area contributed by atoms with Crippen LogP contribution in [0.15, 0.2) is 46.0 Å². The summed E-state index contributed by atoms with van der Waals surface area (Å²) < 4.78 is 24.8. The van der Waals surface area contributed by atoms with Gasteiger partial charge < -0.3 is 19.9 Å². The molecule has 0 aliphatic carbocycles. The summed E-state index contributed by atoms with van der Waals surface area (Å²) in [5.74, 6) is -1.52. The van der Waals surface area contributed by atoms with Gasteiger partial charge in [-0.1, -0.05) is 17.7 Å². The fourth-order valence-corrected chi connectivity index (χ4v) is 5.25. The van der Waals surface area contributed by atoms with E-state index in [1.807, 2.05) is 5.38 Å². The number of esters is 1. The van der Waals surface area contributed by atoms with Crippen LogP contribution in [0.5, 0.6) is 0 Å². The van der Waals surface area contributed by atoms with Crippen LogP contribution in [-0.4, -0.2) is 72.2 Å². The SMILES string of the molecule is COC(=O)C1=C(CN2CCOC(CC(C)(C)C(=O)O)C2)NC(c2nccs2)=N[C@H]1c1ccc(F)cc1Cl. The van der Waals surface area contributed by atoms with Crippen molar-refractivity contribution < 1.29 is 28.6 Å². The number of aliphatic imine (C=N–C) groups is 1. The van der Waals surface area contributed by atoms with Crippen molar-refractivity contribution in [3.8, 4) is 0 Å². The minimum atomic E-state index is -0.942. The van der Waals surface area contributed by atoms with E-state index >= 15 is 0 Å². The number of aromatic nitrogens is 1. The van der Waals surface area contributed by atoms with Gasteiger partial charge in [-0.05, 0) is 32.4 Å². The molecule has 9 nitrogen and oxygen atoms in total. The molecule has 2 aliphatic rings. The monoisotopic (exact) mass is 550 g/mol. The normalized spacial score (nSPS) is 20.8. The van der Waals surface area contributed by atoms with Gasteiger partial charge in [-0.15, -0.1) is 11.3 Å². The number of amidine groups is 1. The third-order valence-corrected chi connectivity index (χ3v) is 7.45. The van der Waals surface area contributed by atoms with Crippen LogP contribution in [0.2, 0.25) is 5.02 Å². The number of ether oxygens (including phenoxy) is 2. The maximum absolute atomic E-state index is 13.8. The van der Waals surface area contributed by atoms with Crippen molar-refractivity contribution in [1.82, 2.24) is 15.2 Å². The van der Waals surface area contributed by atoms with Crippen LogP contribution < -0.4 is 5.32 Å². The number of morpholine rings is 1. The van der Waals surface area contributed by atoms with Gasteiger partial charge in [0.2, 0.25) is 0 Å². The van der Waals surface area contributed by atoms with Crippen LogP contribution in [0.1, 0.15) is 36.9 Å². The lowest BCUT2D eigenvalue weighted by Crippen LogP contribution is -2.48. The maximum Gasteiger partial charge on any atom is 0.338 e. The third kappa shape index (κ3) is 6.18. The Labute approximate surface area is 223 Å². The zero-order valence-electron chi connectivity index (χ0n) is 20.7. The molecule has 1 unspecified atom stereocenters. The second-order valence-corrected chi connectivity index (χ2v) is 10.8. The van der Waals surface area contributed by atoms with Gasteiger partial charge in [-0.25, -0.2) is 14.2 Å². The maximum atomic E-state index is 13.8. The number of carboxylic acid groups (broad SMARTS) is 1. The van der Waals surface area contributed by atoms with Crippen molar-refractivity contribution in [3.05, 3.63) is 62.5 Å². The smallest absolute Gasteiger partial charge is 0.338 e. The van der Waals surface area contributed by atoms with Crippen LogP contribution in [0, 0.1) is 11.2 Å². The molecule has 4 rings (SSSR count). The number of hydrogen-bond acceptors (Lipinski definition) is 9. The van der Waals surface area contributed by atoms with Crippen molar-refractivity contribution in [2.45, 2.75) is 32.4 Å². The molecule has 198 valence electrons. The average molecular weight is 551 g/mol. The molecule has 2 atom stereocenters. The number of methoxy groups -OCH3 is 1. The molecule has 1 aromatic heterocycles. The Morgan fingerprint density at radius 2 is 2.19 bits per heavy atom. The Kier molecular flexibility index (Phi) is 8.27. The molecule has 3 heterocycles. The fourth-order valence-electron chi connectivity index (χ4n) is 4.40. The molecule has 1 fully saturated rings. The quantitative estimate of drug-likeness (QED) is 0.479. The number of aliphatic carboxylic acids is 1. The highest BCUT2D eigenvalue weighted by molar-refractivity contribution is 7.11. The van der Waals surface area contributed by atoms with E-state index in [9.17, 15) is 19.1 Å². The zero-order chi connectivity index (χ0) is 26.7. The standard InChI is InChI=1S/C25H28ClFN4O5S/c1-25(2,24(33)34)11-15-12-31(7-8-36-15)13-18-19(23(32)35-3)20(16-5-4-14(27)10-17(16)26)30-21(29-18)22-28-6-9-37-22/h4-6,9-10,15,20H,7-8,11-13H2,1-3H3,(H,29,30)(H,33,34)/t15?,20-/m0/s1. The number of rotatable bonds is 8. The minimum absolute atomic E-state index is 0.136. The summed E-state index contributed by atoms with van der Waals surface area (Å²) in [6.45, 7) is 5.13.